The summed E-state index contributed by atoms with van der Waals surface area (Å²) in [6.07, 6.45) is 3.36. The zero-order valence-electron chi connectivity index (χ0n) is 7.44. The Morgan fingerprint density at radius 3 is 2.54 bits per heavy atom. The fourth-order valence-corrected chi connectivity index (χ4v) is 0.965. The molecule has 0 atom stereocenters. The Morgan fingerprint density at radius 2 is 2.00 bits per heavy atom. The van der Waals surface area contributed by atoms with Crippen molar-refractivity contribution in [3.05, 3.63) is 23.9 Å². The Labute approximate surface area is 75.3 Å². The summed E-state index contributed by atoms with van der Waals surface area (Å²) in [5, 5.41) is 6.73. The summed E-state index contributed by atoms with van der Waals surface area (Å²) in [7, 11) is 0. The van der Waals surface area contributed by atoms with E-state index in [9.17, 15) is 0 Å². The van der Waals surface area contributed by atoms with Crippen molar-refractivity contribution in [3.8, 4) is 11.5 Å². The summed E-state index contributed by atoms with van der Waals surface area (Å²) < 4.78 is 0. The van der Waals surface area contributed by atoms with Crippen LogP contribution in [0.3, 0.4) is 0 Å². The second kappa shape index (κ2) is 2.93. The normalized spacial score (nSPS) is 10.3. The fourth-order valence-electron chi connectivity index (χ4n) is 0.965. The average Bonchev–Trinajstić information content (AvgIpc) is 2.53. The van der Waals surface area contributed by atoms with Crippen LogP contribution in [0.1, 0.15) is 11.5 Å². The molecule has 2 aromatic heterocycles. The molecule has 0 bridgehead atoms. The predicted octanol–water partition coefficient (Wildman–Crippen LogP) is 0.879. The number of aryl methyl sites for hydroxylation is 2. The van der Waals surface area contributed by atoms with Crippen molar-refractivity contribution in [1.82, 2.24) is 25.1 Å². The highest BCUT2D eigenvalue weighted by Gasteiger charge is 2.04. The molecule has 0 radical (unpaired) electrons. The molecule has 66 valence electrons. The third-order valence-corrected chi connectivity index (χ3v) is 1.61. The average molecular weight is 175 g/mol. The molecule has 0 aliphatic heterocycles. The zero-order chi connectivity index (χ0) is 9.26. The predicted molar refractivity (Wildman–Crippen MR) is 46.9 cm³/mol. The van der Waals surface area contributed by atoms with Crippen molar-refractivity contribution in [2.24, 2.45) is 0 Å². The van der Waals surface area contributed by atoms with Crippen LogP contribution in [0.5, 0.6) is 0 Å². The Morgan fingerprint density at radius 1 is 1.15 bits per heavy atom. The summed E-state index contributed by atoms with van der Waals surface area (Å²) in [4.78, 5) is 12.4. The quantitative estimate of drug-likeness (QED) is 0.698. The summed E-state index contributed by atoms with van der Waals surface area (Å²) >= 11 is 0. The number of nitrogens with one attached hydrogen (secondary N) is 1. The molecule has 5 heteroatoms. The minimum atomic E-state index is 0.588. The topological polar surface area (TPSA) is 67.3 Å². The molecule has 0 aromatic carbocycles. The lowest BCUT2D eigenvalue weighted by atomic mass is 10.4. The molecule has 5 nitrogen and oxygen atoms in total. The third kappa shape index (κ3) is 1.53. The third-order valence-electron chi connectivity index (χ3n) is 1.61. The highest BCUT2D eigenvalue weighted by molar-refractivity contribution is 5.46. The van der Waals surface area contributed by atoms with Crippen LogP contribution in [0.15, 0.2) is 12.4 Å². The summed E-state index contributed by atoms with van der Waals surface area (Å²) in [5.41, 5.74) is 1.57. The molecular formula is C8H9N5. The fraction of sp³-hybridized carbons (Fsp3) is 0.250. The molecule has 0 spiro atoms. The van der Waals surface area contributed by atoms with Crippen LogP contribution >= 0.6 is 0 Å². The molecule has 0 aliphatic rings. The van der Waals surface area contributed by atoms with Gasteiger partial charge in [0.25, 0.3) is 0 Å². The first-order chi connectivity index (χ1) is 6.25. The van der Waals surface area contributed by atoms with E-state index in [-0.39, 0.29) is 0 Å². The van der Waals surface area contributed by atoms with Gasteiger partial charge in [0.2, 0.25) is 5.82 Å². The van der Waals surface area contributed by atoms with Gasteiger partial charge in [0.15, 0.2) is 0 Å². The summed E-state index contributed by atoms with van der Waals surface area (Å²) in [5.74, 6) is 1.36. The van der Waals surface area contributed by atoms with E-state index < -0.39 is 0 Å². The van der Waals surface area contributed by atoms with Crippen molar-refractivity contribution >= 4 is 0 Å². The Kier molecular flexibility index (Phi) is 1.77. The van der Waals surface area contributed by atoms with E-state index in [1.807, 2.05) is 13.8 Å². The van der Waals surface area contributed by atoms with Gasteiger partial charge >= 0.3 is 0 Å². The Balaban J connectivity index is 2.41. The maximum Gasteiger partial charge on any atom is 0.201 e. The Hall–Kier alpha value is -1.78. The van der Waals surface area contributed by atoms with Gasteiger partial charge in [-0.1, -0.05) is 0 Å². The lowest BCUT2D eigenvalue weighted by molar-refractivity contribution is 1.03. The summed E-state index contributed by atoms with van der Waals surface area (Å²) in [6, 6.07) is 0. The lowest BCUT2D eigenvalue weighted by Gasteiger charge is -1.93. The Bertz CT molecular complexity index is 403. The van der Waals surface area contributed by atoms with Crippen molar-refractivity contribution in [2.45, 2.75) is 13.8 Å². The molecule has 0 aliphatic carbocycles. The molecule has 1 N–H and O–H groups in total. The molecular weight excluding hydrogens is 166 g/mol. The van der Waals surface area contributed by atoms with Crippen molar-refractivity contribution in [1.29, 1.82) is 0 Å². The van der Waals surface area contributed by atoms with Crippen LogP contribution in [-0.2, 0) is 0 Å². The zero-order valence-corrected chi connectivity index (χ0v) is 7.44. The molecule has 2 aromatic rings. The van der Waals surface area contributed by atoms with Gasteiger partial charge in [0.05, 0.1) is 11.9 Å². The lowest BCUT2D eigenvalue weighted by Crippen LogP contribution is -1.89. The standard InChI is InChI=1S/C8H9N5/c1-5-3-10-7(4-9-5)8-11-6(2)12-13-8/h3-4H,1-2H3,(H,11,12,13). The van der Waals surface area contributed by atoms with E-state index in [0.29, 0.717) is 11.5 Å². The van der Waals surface area contributed by atoms with Gasteiger partial charge in [0.1, 0.15) is 11.5 Å². The van der Waals surface area contributed by atoms with Crippen LogP contribution in [0, 0.1) is 13.8 Å². The molecule has 0 saturated heterocycles. The molecule has 0 unspecified atom stereocenters. The van der Waals surface area contributed by atoms with E-state index in [1.165, 1.54) is 0 Å². The SMILES string of the molecule is Cc1cnc(-c2n[nH]c(C)n2)cn1. The van der Waals surface area contributed by atoms with Crippen LogP contribution in [0.25, 0.3) is 11.5 Å². The number of nitrogens with zero attached hydrogens (tertiary/aromatic N) is 4. The van der Waals surface area contributed by atoms with Gasteiger partial charge in [-0.2, -0.15) is 5.10 Å². The van der Waals surface area contributed by atoms with Gasteiger partial charge in [-0.15, -0.1) is 0 Å². The number of rotatable bonds is 1. The van der Waals surface area contributed by atoms with Gasteiger partial charge < -0.3 is 0 Å². The van der Waals surface area contributed by atoms with Crippen LogP contribution < -0.4 is 0 Å². The molecule has 2 heterocycles. The van der Waals surface area contributed by atoms with Gasteiger partial charge in [0, 0.05) is 6.20 Å². The first-order valence-corrected chi connectivity index (χ1v) is 3.94. The number of aromatic nitrogens is 5. The van der Waals surface area contributed by atoms with Crippen molar-refractivity contribution < 1.29 is 0 Å². The van der Waals surface area contributed by atoms with Gasteiger partial charge in [-0.3, -0.25) is 10.1 Å². The second-order valence-electron chi connectivity index (χ2n) is 2.79. The molecule has 0 amide bonds. The van der Waals surface area contributed by atoms with E-state index in [0.717, 1.165) is 11.5 Å². The molecule has 0 saturated carbocycles. The largest absolute Gasteiger partial charge is 0.263 e. The van der Waals surface area contributed by atoms with Gasteiger partial charge in [-0.25, -0.2) is 9.97 Å². The van der Waals surface area contributed by atoms with Gasteiger partial charge in [-0.05, 0) is 13.8 Å². The highest BCUT2D eigenvalue weighted by Crippen LogP contribution is 2.08. The minimum Gasteiger partial charge on any atom is -0.263 e. The number of hydrogen-bond donors (Lipinski definition) is 1. The number of H-pyrrole nitrogens is 1. The molecule has 0 fully saturated rings. The summed E-state index contributed by atoms with van der Waals surface area (Å²) in [6.45, 7) is 3.73. The first kappa shape index (κ1) is 7.85. The van der Waals surface area contributed by atoms with Crippen LogP contribution in [-0.4, -0.2) is 25.1 Å². The molecule has 13 heavy (non-hydrogen) atoms. The molecule has 2 rings (SSSR count). The maximum absolute atomic E-state index is 4.15. The second-order valence-corrected chi connectivity index (χ2v) is 2.79. The monoisotopic (exact) mass is 175 g/mol. The highest BCUT2D eigenvalue weighted by atomic mass is 15.2. The minimum absolute atomic E-state index is 0.588. The van der Waals surface area contributed by atoms with Crippen LogP contribution in [0.2, 0.25) is 0 Å². The van der Waals surface area contributed by atoms with E-state index in [4.69, 9.17) is 0 Å². The number of hydrogen-bond acceptors (Lipinski definition) is 4. The maximum atomic E-state index is 4.15. The van der Waals surface area contributed by atoms with E-state index >= 15 is 0 Å². The van der Waals surface area contributed by atoms with E-state index in [1.54, 1.807) is 12.4 Å². The first-order valence-electron chi connectivity index (χ1n) is 3.94. The number of aromatic amines is 1. The van der Waals surface area contributed by atoms with Crippen molar-refractivity contribution in [2.75, 3.05) is 0 Å². The van der Waals surface area contributed by atoms with Crippen molar-refractivity contribution in [3.63, 3.8) is 0 Å². The van der Waals surface area contributed by atoms with Crippen LogP contribution in [0.4, 0.5) is 0 Å². The van der Waals surface area contributed by atoms with E-state index in [2.05, 4.69) is 25.1 Å². The smallest absolute Gasteiger partial charge is 0.201 e.